The standard InChI is InChI=1S/C19H21NO4/c1-13(17-7-4-12-24-17)20(15-9-10-15)18(21)11-8-14-5-2-3-6-16(14)19(22)23/h2-7,12-13,15H,8-11H2,1H3,(H,22,23). The fraction of sp³-hybridized carbons (Fsp3) is 0.368. The highest BCUT2D eigenvalue weighted by atomic mass is 16.4. The van der Waals surface area contributed by atoms with Crippen LogP contribution in [0.15, 0.2) is 47.1 Å². The number of carbonyl (C=O) groups is 2. The minimum absolute atomic E-state index is 0.0431. The van der Waals surface area contributed by atoms with Crippen LogP contribution >= 0.6 is 0 Å². The van der Waals surface area contributed by atoms with Gasteiger partial charge in [-0.1, -0.05) is 18.2 Å². The van der Waals surface area contributed by atoms with Gasteiger partial charge in [-0.15, -0.1) is 0 Å². The average molecular weight is 327 g/mol. The van der Waals surface area contributed by atoms with Gasteiger partial charge in [-0.05, 0) is 49.9 Å². The number of amides is 1. The highest BCUT2D eigenvalue weighted by Gasteiger charge is 2.36. The van der Waals surface area contributed by atoms with Crippen LogP contribution in [-0.4, -0.2) is 27.9 Å². The summed E-state index contributed by atoms with van der Waals surface area (Å²) in [6.45, 7) is 1.97. The monoisotopic (exact) mass is 327 g/mol. The molecule has 1 amide bonds. The molecule has 1 N–H and O–H groups in total. The molecule has 0 saturated heterocycles. The maximum atomic E-state index is 12.8. The molecule has 1 fully saturated rings. The smallest absolute Gasteiger partial charge is 0.335 e. The first-order chi connectivity index (χ1) is 11.6. The topological polar surface area (TPSA) is 70.8 Å². The molecule has 0 aliphatic heterocycles. The predicted octanol–water partition coefficient (Wildman–Crippen LogP) is 3.66. The molecule has 24 heavy (non-hydrogen) atoms. The Bertz CT molecular complexity index is 719. The van der Waals surface area contributed by atoms with Gasteiger partial charge in [0.05, 0.1) is 17.9 Å². The summed E-state index contributed by atoms with van der Waals surface area (Å²) in [4.78, 5) is 25.9. The molecule has 1 atom stereocenters. The first-order valence-electron chi connectivity index (χ1n) is 8.23. The van der Waals surface area contributed by atoms with Crippen LogP contribution in [-0.2, 0) is 11.2 Å². The summed E-state index contributed by atoms with van der Waals surface area (Å²) in [5.41, 5.74) is 0.960. The van der Waals surface area contributed by atoms with E-state index in [4.69, 9.17) is 4.42 Å². The van der Waals surface area contributed by atoms with Crippen LogP contribution in [0, 0.1) is 0 Å². The normalized spacial score (nSPS) is 15.0. The third kappa shape index (κ3) is 3.50. The minimum Gasteiger partial charge on any atom is -0.478 e. The van der Waals surface area contributed by atoms with Crippen LogP contribution in [0.3, 0.4) is 0 Å². The van der Waals surface area contributed by atoms with Crippen molar-refractivity contribution in [3.63, 3.8) is 0 Å². The molecule has 1 aromatic carbocycles. The van der Waals surface area contributed by atoms with E-state index < -0.39 is 5.97 Å². The molecule has 1 saturated carbocycles. The van der Waals surface area contributed by atoms with Crippen LogP contribution in [0.5, 0.6) is 0 Å². The third-order valence-electron chi connectivity index (χ3n) is 4.46. The zero-order valence-electron chi connectivity index (χ0n) is 13.6. The van der Waals surface area contributed by atoms with Crippen molar-refractivity contribution in [2.45, 2.75) is 44.7 Å². The zero-order valence-corrected chi connectivity index (χ0v) is 13.6. The van der Waals surface area contributed by atoms with E-state index in [0.29, 0.717) is 18.4 Å². The molecule has 0 spiro atoms. The quantitative estimate of drug-likeness (QED) is 0.842. The van der Waals surface area contributed by atoms with Crippen LogP contribution in [0.4, 0.5) is 0 Å². The average Bonchev–Trinajstić information content (AvgIpc) is 3.24. The molecule has 1 aliphatic carbocycles. The number of carbonyl (C=O) groups excluding carboxylic acids is 1. The maximum absolute atomic E-state index is 12.8. The van der Waals surface area contributed by atoms with Gasteiger partial charge in [0.15, 0.2) is 0 Å². The van der Waals surface area contributed by atoms with Crippen LogP contribution in [0.2, 0.25) is 0 Å². The predicted molar refractivity (Wildman–Crippen MR) is 88.7 cm³/mol. The molecule has 2 aromatic rings. The van der Waals surface area contributed by atoms with Crippen LogP contribution in [0.1, 0.15) is 53.9 Å². The summed E-state index contributed by atoms with van der Waals surface area (Å²) in [7, 11) is 0. The molecule has 1 heterocycles. The molecule has 5 heteroatoms. The second kappa shape index (κ2) is 6.91. The summed E-state index contributed by atoms with van der Waals surface area (Å²) < 4.78 is 5.45. The van der Waals surface area contributed by atoms with Gasteiger partial charge in [-0.25, -0.2) is 4.79 Å². The van der Waals surface area contributed by atoms with Crippen molar-refractivity contribution in [3.8, 4) is 0 Å². The van der Waals surface area contributed by atoms with Crippen molar-refractivity contribution in [2.75, 3.05) is 0 Å². The van der Waals surface area contributed by atoms with Crippen molar-refractivity contribution < 1.29 is 19.1 Å². The number of furan rings is 1. The van der Waals surface area contributed by atoms with Crippen molar-refractivity contribution in [2.24, 2.45) is 0 Å². The van der Waals surface area contributed by atoms with Gasteiger partial charge in [0.25, 0.3) is 0 Å². The molecule has 0 bridgehead atoms. The van der Waals surface area contributed by atoms with E-state index in [1.54, 1.807) is 30.5 Å². The summed E-state index contributed by atoms with van der Waals surface area (Å²) in [5.74, 6) is -0.135. The lowest BCUT2D eigenvalue weighted by Crippen LogP contribution is -2.35. The Labute approximate surface area is 140 Å². The van der Waals surface area contributed by atoms with Gasteiger partial charge in [-0.3, -0.25) is 4.79 Å². The van der Waals surface area contributed by atoms with Gasteiger partial charge >= 0.3 is 5.97 Å². The lowest BCUT2D eigenvalue weighted by Gasteiger charge is -2.28. The lowest BCUT2D eigenvalue weighted by atomic mass is 10.0. The number of nitrogens with zero attached hydrogens (tertiary/aromatic N) is 1. The van der Waals surface area contributed by atoms with E-state index in [1.807, 2.05) is 24.0 Å². The van der Waals surface area contributed by atoms with Crippen LogP contribution in [0.25, 0.3) is 0 Å². The first-order valence-corrected chi connectivity index (χ1v) is 8.23. The number of rotatable bonds is 7. The largest absolute Gasteiger partial charge is 0.478 e. The molecular formula is C19H21NO4. The van der Waals surface area contributed by atoms with Crippen molar-refractivity contribution in [3.05, 3.63) is 59.5 Å². The highest BCUT2D eigenvalue weighted by molar-refractivity contribution is 5.89. The number of hydrogen-bond donors (Lipinski definition) is 1. The molecular weight excluding hydrogens is 306 g/mol. The van der Waals surface area contributed by atoms with Gasteiger partial charge in [0, 0.05) is 12.5 Å². The number of aromatic carboxylic acids is 1. The van der Waals surface area contributed by atoms with E-state index in [1.165, 1.54) is 0 Å². The first kappa shape index (κ1) is 16.3. The zero-order chi connectivity index (χ0) is 17.1. The maximum Gasteiger partial charge on any atom is 0.335 e. The van der Waals surface area contributed by atoms with E-state index in [9.17, 15) is 14.7 Å². The van der Waals surface area contributed by atoms with Gasteiger partial charge in [0.2, 0.25) is 5.91 Å². The highest BCUT2D eigenvalue weighted by Crippen LogP contribution is 2.35. The van der Waals surface area contributed by atoms with Crippen molar-refractivity contribution >= 4 is 11.9 Å². The Balaban J connectivity index is 1.70. The number of hydrogen-bond acceptors (Lipinski definition) is 3. The lowest BCUT2D eigenvalue weighted by molar-refractivity contribution is -0.134. The van der Waals surface area contributed by atoms with Crippen molar-refractivity contribution in [1.29, 1.82) is 0 Å². The SMILES string of the molecule is CC(c1ccco1)N(C(=O)CCc1ccccc1C(=O)O)C1CC1. The molecule has 5 nitrogen and oxygen atoms in total. The van der Waals surface area contributed by atoms with Gasteiger partial charge < -0.3 is 14.4 Å². The van der Waals surface area contributed by atoms with E-state index >= 15 is 0 Å². The molecule has 1 aliphatic rings. The fourth-order valence-corrected chi connectivity index (χ4v) is 3.07. The minimum atomic E-state index is -0.957. The second-order valence-electron chi connectivity index (χ2n) is 6.19. The summed E-state index contributed by atoms with van der Waals surface area (Å²) in [6, 6.07) is 10.7. The van der Waals surface area contributed by atoms with Crippen LogP contribution < -0.4 is 0 Å². The van der Waals surface area contributed by atoms with E-state index in [0.717, 1.165) is 18.6 Å². The summed E-state index contributed by atoms with van der Waals surface area (Å²) in [6.07, 6.45) is 4.37. The number of carboxylic acids is 1. The van der Waals surface area contributed by atoms with Crippen molar-refractivity contribution in [1.82, 2.24) is 4.90 Å². The molecule has 126 valence electrons. The fourth-order valence-electron chi connectivity index (χ4n) is 3.07. The summed E-state index contributed by atoms with van der Waals surface area (Å²) >= 11 is 0. The Hall–Kier alpha value is -2.56. The van der Waals surface area contributed by atoms with E-state index in [2.05, 4.69) is 0 Å². The Morgan fingerprint density at radius 1 is 1.25 bits per heavy atom. The number of benzene rings is 1. The number of carboxylic acid groups (broad SMARTS) is 1. The van der Waals surface area contributed by atoms with E-state index in [-0.39, 0.29) is 23.6 Å². The third-order valence-corrected chi connectivity index (χ3v) is 4.46. The molecule has 3 rings (SSSR count). The number of aryl methyl sites for hydroxylation is 1. The summed E-state index contributed by atoms with van der Waals surface area (Å²) in [5, 5.41) is 9.24. The molecule has 0 radical (unpaired) electrons. The Kier molecular flexibility index (Phi) is 4.69. The molecule has 1 unspecified atom stereocenters. The molecule has 1 aromatic heterocycles. The Morgan fingerprint density at radius 3 is 2.62 bits per heavy atom. The van der Waals surface area contributed by atoms with Gasteiger partial charge in [-0.2, -0.15) is 0 Å². The van der Waals surface area contributed by atoms with Gasteiger partial charge in [0.1, 0.15) is 5.76 Å². The Morgan fingerprint density at radius 2 is 2.00 bits per heavy atom. The second-order valence-corrected chi connectivity index (χ2v) is 6.19.